The van der Waals surface area contributed by atoms with Crippen LogP contribution in [0, 0.1) is 19.8 Å². The number of aryl methyl sites for hydroxylation is 1. The van der Waals surface area contributed by atoms with Crippen LogP contribution in [0.5, 0.6) is 0 Å². The van der Waals surface area contributed by atoms with Crippen LogP contribution in [0.2, 0.25) is 0 Å². The average molecular weight is 268 g/mol. The van der Waals surface area contributed by atoms with Gasteiger partial charge in [0, 0.05) is 11.7 Å². The van der Waals surface area contributed by atoms with Gasteiger partial charge in [-0.3, -0.25) is 0 Å². The molecule has 0 heterocycles. The second-order valence-electron chi connectivity index (χ2n) is 5.31. The standard InChI is InChI=1S/C13H20N2O2S/c1-8-6-11(7-8)15-18(16,17)12-5-4-9(2)13(14)10(12)3/h4-5,8,11,15H,6-7,14H2,1-3H3. The second-order valence-corrected chi connectivity index (χ2v) is 7.00. The van der Waals surface area contributed by atoms with Crippen LogP contribution in [0.3, 0.4) is 0 Å². The molecule has 3 N–H and O–H groups in total. The highest BCUT2D eigenvalue weighted by molar-refractivity contribution is 7.89. The molecule has 0 unspecified atom stereocenters. The molecule has 100 valence electrons. The molecular weight excluding hydrogens is 248 g/mol. The number of nitrogen functional groups attached to an aromatic ring is 1. The summed E-state index contributed by atoms with van der Waals surface area (Å²) < 4.78 is 27.3. The van der Waals surface area contributed by atoms with E-state index in [4.69, 9.17) is 5.73 Å². The Bertz CT molecular complexity index is 561. The minimum Gasteiger partial charge on any atom is -0.398 e. The molecule has 1 fully saturated rings. The zero-order valence-corrected chi connectivity index (χ0v) is 11.8. The van der Waals surface area contributed by atoms with Gasteiger partial charge >= 0.3 is 0 Å². The van der Waals surface area contributed by atoms with Crippen molar-refractivity contribution in [2.45, 2.75) is 44.6 Å². The van der Waals surface area contributed by atoms with E-state index in [-0.39, 0.29) is 6.04 Å². The van der Waals surface area contributed by atoms with Crippen LogP contribution in [0.15, 0.2) is 17.0 Å². The van der Waals surface area contributed by atoms with E-state index < -0.39 is 10.0 Å². The monoisotopic (exact) mass is 268 g/mol. The molecule has 0 atom stereocenters. The SMILES string of the molecule is Cc1ccc(S(=O)(=O)NC2CC(C)C2)c(C)c1N. The van der Waals surface area contributed by atoms with Crippen LogP contribution in [0.4, 0.5) is 5.69 Å². The fourth-order valence-electron chi connectivity index (χ4n) is 2.42. The van der Waals surface area contributed by atoms with Gasteiger partial charge in [0.1, 0.15) is 0 Å². The van der Waals surface area contributed by atoms with Crippen molar-refractivity contribution in [3.05, 3.63) is 23.3 Å². The van der Waals surface area contributed by atoms with Crippen molar-refractivity contribution >= 4 is 15.7 Å². The van der Waals surface area contributed by atoms with Gasteiger partial charge in [-0.05, 0) is 49.8 Å². The van der Waals surface area contributed by atoms with E-state index in [1.165, 1.54) is 0 Å². The van der Waals surface area contributed by atoms with Crippen molar-refractivity contribution in [1.29, 1.82) is 0 Å². The van der Waals surface area contributed by atoms with Crippen LogP contribution < -0.4 is 10.5 Å². The largest absolute Gasteiger partial charge is 0.398 e. The van der Waals surface area contributed by atoms with Crippen LogP contribution in [0.1, 0.15) is 30.9 Å². The van der Waals surface area contributed by atoms with Gasteiger partial charge in [0.05, 0.1) is 4.90 Å². The molecule has 1 aliphatic carbocycles. The molecule has 5 heteroatoms. The lowest BCUT2D eigenvalue weighted by atomic mass is 9.83. The zero-order chi connectivity index (χ0) is 13.5. The summed E-state index contributed by atoms with van der Waals surface area (Å²) in [5.74, 6) is 0.613. The lowest BCUT2D eigenvalue weighted by Crippen LogP contribution is -2.43. The van der Waals surface area contributed by atoms with Crippen molar-refractivity contribution in [2.75, 3.05) is 5.73 Å². The highest BCUT2D eigenvalue weighted by atomic mass is 32.2. The molecule has 0 amide bonds. The maximum absolute atomic E-state index is 12.3. The predicted molar refractivity (Wildman–Crippen MR) is 72.8 cm³/mol. The van der Waals surface area contributed by atoms with E-state index in [0.29, 0.717) is 22.1 Å². The molecule has 0 spiro atoms. The normalized spacial score (nSPS) is 23.7. The zero-order valence-electron chi connectivity index (χ0n) is 11.0. The van der Waals surface area contributed by atoms with Crippen LogP contribution in [-0.4, -0.2) is 14.5 Å². The molecule has 1 aromatic carbocycles. The highest BCUT2D eigenvalue weighted by Gasteiger charge is 2.30. The van der Waals surface area contributed by atoms with Gasteiger partial charge in [0.2, 0.25) is 10.0 Å². The van der Waals surface area contributed by atoms with Gasteiger partial charge in [-0.2, -0.15) is 0 Å². The number of hydrogen-bond acceptors (Lipinski definition) is 3. The van der Waals surface area contributed by atoms with Gasteiger partial charge < -0.3 is 5.73 Å². The van der Waals surface area contributed by atoms with E-state index in [0.717, 1.165) is 18.4 Å². The van der Waals surface area contributed by atoms with Crippen LogP contribution in [0.25, 0.3) is 0 Å². The number of benzene rings is 1. The lowest BCUT2D eigenvalue weighted by Gasteiger charge is -2.33. The summed E-state index contributed by atoms with van der Waals surface area (Å²) in [5, 5.41) is 0. The molecule has 4 nitrogen and oxygen atoms in total. The maximum Gasteiger partial charge on any atom is 0.241 e. The van der Waals surface area contributed by atoms with E-state index >= 15 is 0 Å². The smallest absolute Gasteiger partial charge is 0.241 e. The Labute approximate surface area is 109 Å². The summed E-state index contributed by atoms with van der Waals surface area (Å²) in [7, 11) is -3.44. The third-order valence-corrected chi connectivity index (χ3v) is 5.33. The Balaban J connectivity index is 2.27. The third-order valence-electron chi connectivity index (χ3n) is 3.67. The quantitative estimate of drug-likeness (QED) is 0.823. The first-order valence-corrected chi connectivity index (χ1v) is 7.67. The van der Waals surface area contributed by atoms with E-state index in [1.54, 1.807) is 19.1 Å². The van der Waals surface area contributed by atoms with E-state index in [2.05, 4.69) is 11.6 Å². The predicted octanol–water partition coefficient (Wildman–Crippen LogP) is 1.96. The Hall–Kier alpha value is -1.07. The number of anilines is 1. The number of rotatable bonds is 3. The number of nitrogens with two attached hydrogens (primary N) is 1. The Morgan fingerprint density at radius 3 is 2.44 bits per heavy atom. The first kappa shape index (κ1) is 13.4. The first-order chi connectivity index (χ1) is 8.31. The van der Waals surface area contributed by atoms with Gasteiger partial charge in [0.15, 0.2) is 0 Å². The maximum atomic E-state index is 12.3. The summed E-state index contributed by atoms with van der Waals surface area (Å²) >= 11 is 0. The Kier molecular flexibility index (Phi) is 3.38. The molecule has 18 heavy (non-hydrogen) atoms. The first-order valence-electron chi connectivity index (χ1n) is 6.19. The van der Waals surface area contributed by atoms with Gasteiger partial charge in [-0.25, -0.2) is 13.1 Å². The van der Waals surface area contributed by atoms with Gasteiger partial charge in [0.25, 0.3) is 0 Å². The number of hydrogen-bond donors (Lipinski definition) is 2. The average Bonchev–Trinajstić information content (AvgIpc) is 2.23. The van der Waals surface area contributed by atoms with Crippen molar-refractivity contribution in [3.63, 3.8) is 0 Å². The topological polar surface area (TPSA) is 72.2 Å². The third kappa shape index (κ3) is 2.37. The number of nitrogens with one attached hydrogen (secondary N) is 1. The summed E-state index contributed by atoms with van der Waals surface area (Å²) in [6.45, 7) is 5.75. The van der Waals surface area contributed by atoms with E-state index in [9.17, 15) is 8.42 Å². The Morgan fingerprint density at radius 1 is 1.28 bits per heavy atom. The van der Waals surface area contributed by atoms with Crippen LogP contribution >= 0.6 is 0 Å². The molecule has 0 bridgehead atoms. The minimum atomic E-state index is -3.44. The molecule has 1 aromatic rings. The molecule has 2 rings (SSSR count). The van der Waals surface area contributed by atoms with Crippen molar-refractivity contribution in [2.24, 2.45) is 5.92 Å². The second kappa shape index (κ2) is 4.55. The molecule has 0 aromatic heterocycles. The summed E-state index contributed by atoms with van der Waals surface area (Å²) in [4.78, 5) is 0.296. The van der Waals surface area contributed by atoms with Gasteiger partial charge in [-0.1, -0.05) is 13.0 Å². The molecule has 0 aliphatic heterocycles. The highest BCUT2D eigenvalue weighted by Crippen LogP contribution is 2.29. The van der Waals surface area contributed by atoms with E-state index in [1.807, 2.05) is 6.92 Å². The molecule has 1 saturated carbocycles. The fourth-order valence-corrected chi connectivity index (χ4v) is 3.94. The van der Waals surface area contributed by atoms with Gasteiger partial charge in [-0.15, -0.1) is 0 Å². The van der Waals surface area contributed by atoms with Crippen molar-refractivity contribution in [1.82, 2.24) is 4.72 Å². The van der Waals surface area contributed by atoms with Crippen LogP contribution in [-0.2, 0) is 10.0 Å². The fraction of sp³-hybridized carbons (Fsp3) is 0.538. The minimum absolute atomic E-state index is 0.0759. The lowest BCUT2D eigenvalue weighted by molar-refractivity contribution is 0.270. The molecular formula is C13H20N2O2S. The molecule has 1 aliphatic rings. The molecule has 0 radical (unpaired) electrons. The Morgan fingerprint density at radius 2 is 1.89 bits per heavy atom. The summed E-state index contributed by atoms with van der Waals surface area (Å²) in [6.07, 6.45) is 1.83. The van der Waals surface area contributed by atoms with Crippen molar-refractivity contribution < 1.29 is 8.42 Å². The summed E-state index contributed by atoms with van der Waals surface area (Å²) in [5.41, 5.74) is 7.98. The summed E-state index contributed by atoms with van der Waals surface area (Å²) in [6, 6.07) is 3.46. The molecule has 0 saturated heterocycles. The van der Waals surface area contributed by atoms with Crippen molar-refractivity contribution in [3.8, 4) is 0 Å². The number of sulfonamides is 1.